The van der Waals surface area contributed by atoms with Crippen molar-refractivity contribution in [2.24, 2.45) is 11.1 Å². The zero-order valence-electron chi connectivity index (χ0n) is 9.49. The van der Waals surface area contributed by atoms with E-state index < -0.39 is 0 Å². The molecule has 0 spiro atoms. The van der Waals surface area contributed by atoms with Gasteiger partial charge in [0.15, 0.2) is 0 Å². The summed E-state index contributed by atoms with van der Waals surface area (Å²) in [6.07, 6.45) is 1.00. The summed E-state index contributed by atoms with van der Waals surface area (Å²) in [6.45, 7) is 7.05. The molecule has 0 saturated carbocycles. The van der Waals surface area contributed by atoms with Crippen LogP contribution in [-0.2, 0) is 9.53 Å². The minimum absolute atomic E-state index is 0. The Kier molecular flexibility index (Phi) is 6.17. The number of amides is 1. The van der Waals surface area contributed by atoms with Gasteiger partial charge < -0.3 is 15.4 Å². The quantitative estimate of drug-likeness (QED) is 0.780. The first-order valence-corrected chi connectivity index (χ1v) is 5.17. The highest BCUT2D eigenvalue weighted by Crippen LogP contribution is 2.28. The molecule has 1 fully saturated rings. The van der Waals surface area contributed by atoms with Gasteiger partial charge in [0.25, 0.3) is 0 Å². The van der Waals surface area contributed by atoms with Gasteiger partial charge in [0, 0.05) is 19.7 Å². The van der Waals surface area contributed by atoms with Crippen molar-refractivity contribution < 1.29 is 9.53 Å². The fourth-order valence-corrected chi connectivity index (χ4v) is 1.68. The predicted molar refractivity (Wildman–Crippen MR) is 62.1 cm³/mol. The standard InChI is InChI=1S/C10H20N2O2.ClH/c1-3-14-6-9(13)12-5-4-10(2,7-11)8-12;/h3-8,11H2,1-2H3;1H. The summed E-state index contributed by atoms with van der Waals surface area (Å²) in [4.78, 5) is 13.4. The summed E-state index contributed by atoms with van der Waals surface area (Å²) in [5.41, 5.74) is 5.77. The molecule has 1 saturated heterocycles. The molecule has 1 aliphatic heterocycles. The van der Waals surface area contributed by atoms with Crippen LogP contribution in [0.2, 0.25) is 0 Å². The fraction of sp³-hybridized carbons (Fsp3) is 0.900. The van der Waals surface area contributed by atoms with Crippen LogP contribution in [0.3, 0.4) is 0 Å². The first-order chi connectivity index (χ1) is 6.61. The van der Waals surface area contributed by atoms with Crippen LogP contribution in [0.15, 0.2) is 0 Å². The topological polar surface area (TPSA) is 55.6 Å². The van der Waals surface area contributed by atoms with E-state index in [0.717, 1.165) is 19.5 Å². The van der Waals surface area contributed by atoms with Gasteiger partial charge in [0.2, 0.25) is 5.91 Å². The molecule has 2 N–H and O–H groups in total. The van der Waals surface area contributed by atoms with Crippen molar-refractivity contribution >= 4 is 18.3 Å². The SMILES string of the molecule is CCOCC(=O)N1CCC(C)(CN)C1.Cl. The molecule has 5 heteroatoms. The largest absolute Gasteiger partial charge is 0.372 e. The molecule has 0 radical (unpaired) electrons. The maximum Gasteiger partial charge on any atom is 0.248 e. The van der Waals surface area contributed by atoms with Gasteiger partial charge in [-0.25, -0.2) is 0 Å². The molecular weight excluding hydrogens is 216 g/mol. The third kappa shape index (κ3) is 3.97. The number of likely N-dealkylation sites (tertiary alicyclic amines) is 1. The lowest BCUT2D eigenvalue weighted by Gasteiger charge is -2.22. The summed E-state index contributed by atoms with van der Waals surface area (Å²) in [7, 11) is 0. The Balaban J connectivity index is 0.00000196. The van der Waals surface area contributed by atoms with E-state index >= 15 is 0 Å². The highest BCUT2D eigenvalue weighted by atomic mass is 35.5. The molecule has 0 aromatic heterocycles. The van der Waals surface area contributed by atoms with Gasteiger partial charge in [-0.3, -0.25) is 4.79 Å². The van der Waals surface area contributed by atoms with Gasteiger partial charge in [-0.05, 0) is 25.3 Å². The maximum atomic E-state index is 11.6. The first-order valence-electron chi connectivity index (χ1n) is 5.17. The zero-order chi connectivity index (χ0) is 10.6. The number of ether oxygens (including phenoxy) is 1. The Labute approximate surface area is 97.5 Å². The second kappa shape index (κ2) is 6.30. The van der Waals surface area contributed by atoms with Crippen molar-refractivity contribution in [3.63, 3.8) is 0 Å². The van der Waals surface area contributed by atoms with Gasteiger partial charge in [-0.15, -0.1) is 12.4 Å². The Bertz CT molecular complexity index is 214. The molecule has 1 unspecified atom stereocenters. The molecule has 4 nitrogen and oxygen atoms in total. The maximum absolute atomic E-state index is 11.6. The van der Waals surface area contributed by atoms with E-state index in [2.05, 4.69) is 6.92 Å². The summed E-state index contributed by atoms with van der Waals surface area (Å²) in [5.74, 6) is 0.0871. The average molecular weight is 237 g/mol. The highest BCUT2D eigenvalue weighted by Gasteiger charge is 2.34. The molecule has 1 amide bonds. The van der Waals surface area contributed by atoms with Crippen molar-refractivity contribution in [1.82, 2.24) is 4.90 Å². The molecule has 1 aliphatic rings. The van der Waals surface area contributed by atoms with Crippen LogP contribution in [0.1, 0.15) is 20.3 Å². The normalized spacial score (nSPS) is 25.1. The number of carbonyl (C=O) groups excluding carboxylic acids is 1. The monoisotopic (exact) mass is 236 g/mol. The molecule has 1 heterocycles. The lowest BCUT2D eigenvalue weighted by atomic mass is 9.90. The van der Waals surface area contributed by atoms with Crippen LogP contribution in [-0.4, -0.2) is 43.7 Å². The van der Waals surface area contributed by atoms with Crippen LogP contribution in [0.5, 0.6) is 0 Å². The first kappa shape index (κ1) is 14.7. The summed E-state index contributed by atoms with van der Waals surface area (Å²) < 4.78 is 5.09. The second-order valence-electron chi connectivity index (χ2n) is 4.22. The Morgan fingerprint density at radius 3 is 2.73 bits per heavy atom. The van der Waals surface area contributed by atoms with Gasteiger partial charge in [0.05, 0.1) is 0 Å². The van der Waals surface area contributed by atoms with Crippen LogP contribution in [0.4, 0.5) is 0 Å². The van der Waals surface area contributed by atoms with Crippen molar-refractivity contribution in [3.8, 4) is 0 Å². The lowest BCUT2D eigenvalue weighted by molar-refractivity contribution is -0.135. The highest BCUT2D eigenvalue weighted by molar-refractivity contribution is 5.85. The van der Waals surface area contributed by atoms with E-state index in [9.17, 15) is 4.79 Å². The van der Waals surface area contributed by atoms with Crippen molar-refractivity contribution in [2.75, 3.05) is 32.8 Å². The van der Waals surface area contributed by atoms with Gasteiger partial charge >= 0.3 is 0 Å². The number of halogens is 1. The molecular formula is C10H21ClN2O2. The molecule has 0 aromatic carbocycles. The van der Waals surface area contributed by atoms with E-state index in [1.807, 2.05) is 11.8 Å². The van der Waals surface area contributed by atoms with E-state index in [1.165, 1.54) is 0 Å². The minimum Gasteiger partial charge on any atom is -0.372 e. The van der Waals surface area contributed by atoms with Crippen LogP contribution in [0.25, 0.3) is 0 Å². The Morgan fingerprint density at radius 1 is 1.60 bits per heavy atom. The van der Waals surface area contributed by atoms with Crippen LogP contribution in [0, 0.1) is 5.41 Å². The number of carbonyl (C=O) groups is 1. The Hall–Kier alpha value is -0.320. The lowest BCUT2D eigenvalue weighted by Crippen LogP contribution is -2.36. The van der Waals surface area contributed by atoms with E-state index in [0.29, 0.717) is 13.2 Å². The average Bonchev–Trinajstić information content (AvgIpc) is 2.58. The number of nitrogens with zero attached hydrogens (tertiary/aromatic N) is 1. The smallest absolute Gasteiger partial charge is 0.248 e. The minimum atomic E-state index is 0. The Morgan fingerprint density at radius 2 is 2.27 bits per heavy atom. The number of nitrogens with two attached hydrogens (primary N) is 1. The van der Waals surface area contributed by atoms with E-state index in [-0.39, 0.29) is 30.3 Å². The molecule has 0 aromatic rings. The third-order valence-corrected chi connectivity index (χ3v) is 2.83. The molecule has 1 atom stereocenters. The predicted octanol–water partition coefficient (Wildman–Crippen LogP) is 0.642. The van der Waals surface area contributed by atoms with Crippen LogP contribution < -0.4 is 5.73 Å². The van der Waals surface area contributed by atoms with Gasteiger partial charge in [0.1, 0.15) is 6.61 Å². The molecule has 15 heavy (non-hydrogen) atoms. The molecule has 90 valence electrons. The van der Waals surface area contributed by atoms with E-state index in [4.69, 9.17) is 10.5 Å². The van der Waals surface area contributed by atoms with Crippen molar-refractivity contribution in [2.45, 2.75) is 20.3 Å². The summed E-state index contributed by atoms with van der Waals surface area (Å²) in [6, 6.07) is 0. The summed E-state index contributed by atoms with van der Waals surface area (Å²) >= 11 is 0. The van der Waals surface area contributed by atoms with E-state index in [1.54, 1.807) is 0 Å². The second-order valence-corrected chi connectivity index (χ2v) is 4.22. The van der Waals surface area contributed by atoms with Gasteiger partial charge in [-0.1, -0.05) is 6.92 Å². The zero-order valence-corrected chi connectivity index (χ0v) is 10.3. The van der Waals surface area contributed by atoms with Crippen molar-refractivity contribution in [3.05, 3.63) is 0 Å². The van der Waals surface area contributed by atoms with Gasteiger partial charge in [-0.2, -0.15) is 0 Å². The van der Waals surface area contributed by atoms with Crippen LogP contribution >= 0.6 is 12.4 Å². The fourth-order valence-electron chi connectivity index (χ4n) is 1.68. The number of hydrogen-bond donors (Lipinski definition) is 1. The molecule has 1 rings (SSSR count). The number of rotatable bonds is 4. The molecule has 0 bridgehead atoms. The number of hydrogen-bond acceptors (Lipinski definition) is 3. The summed E-state index contributed by atoms with van der Waals surface area (Å²) in [5, 5.41) is 0. The van der Waals surface area contributed by atoms with Crippen molar-refractivity contribution in [1.29, 1.82) is 0 Å². The molecule has 0 aliphatic carbocycles. The third-order valence-electron chi connectivity index (χ3n) is 2.83.